The molecule has 1 N–H and O–H groups in total. The monoisotopic (exact) mass is 243 g/mol. The molecule has 0 atom stereocenters. The van der Waals surface area contributed by atoms with Gasteiger partial charge in [0.2, 0.25) is 0 Å². The van der Waals surface area contributed by atoms with Crippen LogP contribution in [-0.4, -0.2) is 23.1 Å². The van der Waals surface area contributed by atoms with E-state index in [4.69, 9.17) is 4.98 Å². The van der Waals surface area contributed by atoms with Gasteiger partial charge in [0.05, 0.1) is 5.69 Å². The molecule has 0 unspecified atom stereocenters. The van der Waals surface area contributed by atoms with Crippen molar-refractivity contribution in [1.29, 1.82) is 0 Å². The summed E-state index contributed by atoms with van der Waals surface area (Å²) < 4.78 is 2.12. The number of likely N-dealkylation sites (N-methyl/N-ethyl adjacent to an activating group) is 1. The highest BCUT2D eigenvalue weighted by atomic mass is 15.0. The van der Waals surface area contributed by atoms with Crippen molar-refractivity contribution in [2.75, 3.05) is 13.6 Å². The topological polar surface area (TPSA) is 29.9 Å². The lowest BCUT2D eigenvalue weighted by molar-refractivity contribution is 0.718. The average molecular weight is 243 g/mol. The lowest BCUT2D eigenvalue weighted by Crippen LogP contribution is -2.12. The van der Waals surface area contributed by atoms with Crippen LogP contribution >= 0.6 is 0 Å². The van der Waals surface area contributed by atoms with Crippen molar-refractivity contribution in [3.05, 3.63) is 41.3 Å². The van der Waals surface area contributed by atoms with Gasteiger partial charge in [-0.05, 0) is 32.5 Å². The molecule has 1 heterocycles. The number of aryl methyl sites for hydroxylation is 3. The van der Waals surface area contributed by atoms with Crippen LogP contribution in [0.5, 0.6) is 0 Å². The lowest BCUT2D eigenvalue weighted by atomic mass is 10.0. The molecule has 3 heteroatoms. The highest BCUT2D eigenvalue weighted by Gasteiger charge is 2.09. The molecule has 18 heavy (non-hydrogen) atoms. The van der Waals surface area contributed by atoms with Crippen LogP contribution in [0.25, 0.3) is 11.3 Å². The highest BCUT2D eigenvalue weighted by molar-refractivity contribution is 5.64. The van der Waals surface area contributed by atoms with E-state index in [9.17, 15) is 0 Å². The minimum absolute atomic E-state index is 0.955. The van der Waals surface area contributed by atoms with E-state index in [0.717, 1.165) is 24.5 Å². The maximum Gasteiger partial charge on any atom is 0.110 e. The Labute approximate surface area is 109 Å². The SMILES string of the molecule is CNCCc1nc(-c2cc(C)ccc2C)cn1C. The molecule has 0 spiro atoms. The Morgan fingerprint density at radius 1 is 1.28 bits per heavy atom. The molecule has 0 aliphatic carbocycles. The molecule has 2 rings (SSSR count). The molecule has 0 aliphatic heterocycles. The molecule has 0 amide bonds. The predicted molar refractivity (Wildman–Crippen MR) is 75.7 cm³/mol. The molecular formula is C15H21N3. The quantitative estimate of drug-likeness (QED) is 0.894. The van der Waals surface area contributed by atoms with Crippen molar-refractivity contribution in [3.8, 4) is 11.3 Å². The number of imidazole rings is 1. The first-order chi connectivity index (χ1) is 8.61. The summed E-state index contributed by atoms with van der Waals surface area (Å²) in [6, 6.07) is 6.51. The Bertz CT molecular complexity index is 541. The van der Waals surface area contributed by atoms with Gasteiger partial charge in [-0.3, -0.25) is 0 Å². The Kier molecular flexibility index (Phi) is 3.82. The van der Waals surface area contributed by atoms with E-state index in [-0.39, 0.29) is 0 Å². The maximum absolute atomic E-state index is 4.74. The number of benzene rings is 1. The predicted octanol–water partition coefficient (Wildman–Crippen LogP) is 2.47. The van der Waals surface area contributed by atoms with Gasteiger partial charge in [-0.2, -0.15) is 0 Å². The van der Waals surface area contributed by atoms with E-state index >= 15 is 0 Å². The molecule has 0 saturated carbocycles. The molecule has 1 aromatic heterocycles. The van der Waals surface area contributed by atoms with Gasteiger partial charge < -0.3 is 9.88 Å². The first-order valence-electron chi connectivity index (χ1n) is 6.36. The Hall–Kier alpha value is -1.61. The first kappa shape index (κ1) is 12.8. The van der Waals surface area contributed by atoms with Gasteiger partial charge in [0.1, 0.15) is 5.82 Å². The van der Waals surface area contributed by atoms with Crippen molar-refractivity contribution in [1.82, 2.24) is 14.9 Å². The van der Waals surface area contributed by atoms with Gasteiger partial charge >= 0.3 is 0 Å². The van der Waals surface area contributed by atoms with Gasteiger partial charge in [0.25, 0.3) is 0 Å². The molecule has 0 saturated heterocycles. The molecule has 96 valence electrons. The van der Waals surface area contributed by atoms with E-state index in [1.807, 2.05) is 7.05 Å². The second kappa shape index (κ2) is 5.36. The second-order valence-electron chi connectivity index (χ2n) is 4.83. The van der Waals surface area contributed by atoms with Crippen LogP contribution in [0.1, 0.15) is 17.0 Å². The van der Waals surface area contributed by atoms with Crippen molar-refractivity contribution < 1.29 is 0 Å². The minimum atomic E-state index is 0.955. The Morgan fingerprint density at radius 3 is 2.78 bits per heavy atom. The smallest absolute Gasteiger partial charge is 0.110 e. The van der Waals surface area contributed by atoms with Gasteiger partial charge in [0, 0.05) is 31.8 Å². The first-order valence-corrected chi connectivity index (χ1v) is 6.36. The van der Waals surface area contributed by atoms with Crippen LogP contribution in [0.2, 0.25) is 0 Å². The number of nitrogens with one attached hydrogen (secondary N) is 1. The third-order valence-electron chi connectivity index (χ3n) is 3.24. The van der Waals surface area contributed by atoms with Crippen LogP contribution in [0, 0.1) is 13.8 Å². The third-order valence-corrected chi connectivity index (χ3v) is 3.24. The van der Waals surface area contributed by atoms with E-state index in [2.05, 4.69) is 55.2 Å². The van der Waals surface area contributed by atoms with Gasteiger partial charge in [0.15, 0.2) is 0 Å². The second-order valence-corrected chi connectivity index (χ2v) is 4.83. The minimum Gasteiger partial charge on any atom is -0.337 e. The zero-order chi connectivity index (χ0) is 13.1. The maximum atomic E-state index is 4.74. The number of rotatable bonds is 4. The number of hydrogen-bond donors (Lipinski definition) is 1. The van der Waals surface area contributed by atoms with E-state index in [0.29, 0.717) is 0 Å². The summed E-state index contributed by atoms with van der Waals surface area (Å²) in [5, 5.41) is 3.16. The van der Waals surface area contributed by atoms with E-state index in [1.54, 1.807) is 0 Å². The molecule has 0 fully saturated rings. The molecule has 2 aromatic rings. The van der Waals surface area contributed by atoms with Crippen LogP contribution in [0.3, 0.4) is 0 Å². The summed E-state index contributed by atoms with van der Waals surface area (Å²) in [6.07, 6.45) is 3.07. The fraction of sp³-hybridized carbons (Fsp3) is 0.400. The fourth-order valence-corrected chi connectivity index (χ4v) is 2.12. The molecule has 0 bridgehead atoms. The standard InChI is InChI=1S/C15H21N3/c1-11-5-6-12(2)13(9-11)14-10-18(4)15(17-14)7-8-16-3/h5-6,9-10,16H,7-8H2,1-4H3. The summed E-state index contributed by atoms with van der Waals surface area (Å²) in [5.41, 5.74) is 4.86. The number of aromatic nitrogens is 2. The number of nitrogens with zero attached hydrogens (tertiary/aromatic N) is 2. The largest absolute Gasteiger partial charge is 0.337 e. The molecule has 1 aromatic carbocycles. The van der Waals surface area contributed by atoms with Crippen LogP contribution in [-0.2, 0) is 13.5 Å². The van der Waals surface area contributed by atoms with Gasteiger partial charge in [-0.25, -0.2) is 4.98 Å². The fourth-order valence-electron chi connectivity index (χ4n) is 2.12. The Balaban J connectivity index is 2.36. The summed E-state index contributed by atoms with van der Waals surface area (Å²) in [7, 11) is 4.03. The zero-order valence-electron chi connectivity index (χ0n) is 11.6. The normalized spacial score (nSPS) is 10.9. The Morgan fingerprint density at radius 2 is 2.06 bits per heavy atom. The molecule has 0 aliphatic rings. The highest BCUT2D eigenvalue weighted by Crippen LogP contribution is 2.23. The summed E-state index contributed by atoms with van der Waals surface area (Å²) in [4.78, 5) is 4.74. The molecule has 3 nitrogen and oxygen atoms in total. The molecule has 0 radical (unpaired) electrons. The molecular weight excluding hydrogens is 222 g/mol. The summed E-state index contributed by atoms with van der Waals surface area (Å²) >= 11 is 0. The van der Waals surface area contributed by atoms with Crippen molar-refractivity contribution in [2.45, 2.75) is 20.3 Å². The van der Waals surface area contributed by atoms with E-state index < -0.39 is 0 Å². The lowest BCUT2D eigenvalue weighted by Gasteiger charge is -2.03. The van der Waals surface area contributed by atoms with E-state index in [1.165, 1.54) is 16.7 Å². The van der Waals surface area contributed by atoms with Gasteiger partial charge in [-0.15, -0.1) is 0 Å². The van der Waals surface area contributed by atoms with Crippen molar-refractivity contribution in [2.24, 2.45) is 7.05 Å². The average Bonchev–Trinajstić information content (AvgIpc) is 2.71. The summed E-state index contributed by atoms with van der Waals surface area (Å²) in [5.74, 6) is 1.13. The summed E-state index contributed by atoms with van der Waals surface area (Å²) in [6.45, 7) is 5.21. The van der Waals surface area contributed by atoms with Crippen LogP contribution in [0.4, 0.5) is 0 Å². The zero-order valence-corrected chi connectivity index (χ0v) is 11.6. The van der Waals surface area contributed by atoms with Crippen molar-refractivity contribution in [3.63, 3.8) is 0 Å². The van der Waals surface area contributed by atoms with Crippen LogP contribution < -0.4 is 5.32 Å². The number of hydrogen-bond acceptors (Lipinski definition) is 2. The van der Waals surface area contributed by atoms with Crippen LogP contribution in [0.15, 0.2) is 24.4 Å². The van der Waals surface area contributed by atoms with Gasteiger partial charge in [-0.1, -0.05) is 17.7 Å². The van der Waals surface area contributed by atoms with Crippen molar-refractivity contribution >= 4 is 0 Å². The third kappa shape index (κ3) is 2.62.